The number of fused-ring (bicyclic) bond motifs is 1. The zero-order valence-electron chi connectivity index (χ0n) is 9.81. The number of ether oxygens (including phenoxy) is 2. The van der Waals surface area contributed by atoms with Crippen LogP contribution in [0.2, 0.25) is 0 Å². The summed E-state index contributed by atoms with van der Waals surface area (Å²) in [7, 11) is 0. The molecule has 104 valence electrons. The van der Waals surface area contributed by atoms with Crippen molar-refractivity contribution in [1.82, 2.24) is 0 Å². The molecule has 2 atom stereocenters. The van der Waals surface area contributed by atoms with Gasteiger partial charge in [0.05, 0.1) is 5.92 Å². The lowest BCUT2D eigenvalue weighted by molar-refractivity contribution is -0.521. The van der Waals surface area contributed by atoms with E-state index in [0.717, 1.165) is 5.56 Å². The lowest BCUT2D eigenvalue weighted by atomic mass is 9.94. The zero-order chi connectivity index (χ0) is 14.2. The first kappa shape index (κ1) is 15.1. The quantitative estimate of drug-likeness (QED) is 0.389. The SMILES string of the molecule is C[C@@H]([C@@H](c1ccc2c(c1)OCO2)C(Br)(Br)Br)[N+](=O)[O-]. The van der Waals surface area contributed by atoms with Crippen molar-refractivity contribution >= 4 is 47.8 Å². The van der Waals surface area contributed by atoms with Crippen molar-refractivity contribution in [1.29, 1.82) is 0 Å². The number of alkyl halides is 3. The van der Waals surface area contributed by atoms with E-state index in [4.69, 9.17) is 9.47 Å². The van der Waals surface area contributed by atoms with Gasteiger partial charge in [-0.25, -0.2) is 0 Å². The Morgan fingerprint density at radius 2 is 1.95 bits per heavy atom. The molecule has 0 N–H and O–H groups in total. The van der Waals surface area contributed by atoms with Crippen molar-refractivity contribution in [2.24, 2.45) is 0 Å². The Bertz CT molecular complexity index is 503. The van der Waals surface area contributed by atoms with Crippen LogP contribution < -0.4 is 9.47 Å². The van der Waals surface area contributed by atoms with Gasteiger partial charge in [-0.2, -0.15) is 0 Å². The Morgan fingerprint density at radius 1 is 1.32 bits per heavy atom. The minimum Gasteiger partial charge on any atom is -0.454 e. The maximum Gasteiger partial charge on any atom is 0.231 e. The van der Waals surface area contributed by atoms with Gasteiger partial charge < -0.3 is 9.47 Å². The van der Waals surface area contributed by atoms with Crippen LogP contribution in [0, 0.1) is 10.1 Å². The molecule has 2 rings (SSSR count). The molecule has 0 radical (unpaired) electrons. The first-order valence-electron chi connectivity index (χ1n) is 5.40. The molecule has 0 aliphatic carbocycles. The van der Waals surface area contributed by atoms with Gasteiger partial charge in [-0.1, -0.05) is 53.9 Å². The highest BCUT2D eigenvalue weighted by molar-refractivity contribution is 9.39. The van der Waals surface area contributed by atoms with Crippen LogP contribution in [0.25, 0.3) is 0 Å². The highest BCUT2D eigenvalue weighted by atomic mass is 80.0. The van der Waals surface area contributed by atoms with E-state index in [1.54, 1.807) is 25.1 Å². The normalized spacial score (nSPS) is 17.1. The van der Waals surface area contributed by atoms with Crippen LogP contribution in [0.1, 0.15) is 18.4 Å². The Morgan fingerprint density at radius 3 is 2.53 bits per heavy atom. The Balaban J connectivity index is 2.41. The van der Waals surface area contributed by atoms with Gasteiger partial charge in [0.2, 0.25) is 12.8 Å². The van der Waals surface area contributed by atoms with E-state index >= 15 is 0 Å². The van der Waals surface area contributed by atoms with Crippen LogP contribution >= 0.6 is 47.8 Å². The van der Waals surface area contributed by atoms with E-state index in [1.807, 2.05) is 0 Å². The average molecular weight is 460 g/mol. The number of nitro groups is 1. The molecule has 0 saturated carbocycles. The summed E-state index contributed by atoms with van der Waals surface area (Å²) in [4.78, 5) is 10.8. The first-order valence-corrected chi connectivity index (χ1v) is 7.78. The van der Waals surface area contributed by atoms with Gasteiger partial charge in [0.1, 0.15) is 2.14 Å². The number of hydrogen-bond acceptors (Lipinski definition) is 4. The third-order valence-corrected chi connectivity index (χ3v) is 4.40. The number of hydrogen-bond donors (Lipinski definition) is 0. The summed E-state index contributed by atoms with van der Waals surface area (Å²) in [5.41, 5.74) is 0.777. The summed E-state index contributed by atoms with van der Waals surface area (Å²) >= 11 is 10.2. The van der Waals surface area contributed by atoms with Crippen molar-refractivity contribution in [3.05, 3.63) is 33.9 Å². The number of halogens is 3. The van der Waals surface area contributed by atoms with Crippen LogP contribution in [-0.2, 0) is 0 Å². The number of nitrogens with zero attached hydrogens (tertiary/aromatic N) is 1. The fraction of sp³-hybridized carbons (Fsp3) is 0.455. The molecule has 0 fully saturated rings. The standard InChI is InChI=1S/C11H10Br3NO4/c1-6(15(16)17)10(11(12,13)14)7-2-3-8-9(4-7)19-5-18-8/h2-4,6,10H,5H2,1H3/t6-,10-/m0/s1. The third-order valence-electron chi connectivity index (χ3n) is 2.92. The second kappa shape index (κ2) is 5.57. The minimum atomic E-state index is -0.793. The molecule has 8 heteroatoms. The molecular weight excluding hydrogens is 450 g/mol. The largest absolute Gasteiger partial charge is 0.454 e. The van der Waals surface area contributed by atoms with Crippen LogP contribution in [0.4, 0.5) is 0 Å². The molecule has 0 amide bonds. The highest BCUT2D eigenvalue weighted by Crippen LogP contribution is 2.50. The van der Waals surface area contributed by atoms with Crippen molar-refractivity contribution in [3.63, 3.8) is 0 Å². The van der Waals surface area contributed by atoms with Gasteiger partial charge in [0.25, 0.3) is 0 Å². The fourth-order valence-electron chi connectivity index (χ4n) is 1.97. The molecular formula is C11H10Br3NO4. The maximum absolute atomic E-state index is 11.1. The summed E-state index contributed by atoms with van der Waals surface area (Å²) in [5.74, 6) is 0.826. The minimum absolute atomic E-state index is 0.177. The van der Waals surface area contributed by atoms with Gasteiger partial charge in [0.15, 0.2) is 11.5 Å². The molecule has 0 spiro atoms. The summed E-state index contributed by atoms with van der Waals surface area (Å²) in [6.07, 6.45) is 0. The summed E-state index contributed by atoms with van der Waals surface area (Å²) in [6.45, 7) is 1.74. The summed E-state index contributed by atoms with van der Waals surface area (Å²) < 4.78 is 9.77. The van der Waals surface area contributed by atoms with Crippen LogP contribution in [0.5, 0.6) is 11.5 Å². The van der Waals surface area contributed by atoms with E-state index in [0.29, 0.717) is 11.5 Å². The lowest BCUT2D eigenvalue weighted by Gasteiger charge is -2.26. The van der Waals surface area contributed by atoms with E-state index < -0.39 is 14.1 Å². The molecule has 1 aromatic rings. The molecule has 1 aliphatic heterocycles. The van der Waals surface area contributed by atoms with Crippen LogP contribution in [-0.4, -0.2) is 19.9 Å². The zero-order valence-corrected chi connectivity index (χ0v) is 14.6. The van der Waals surface area contributed by atoms with E-state index in [-0.39, 0.29) is 11.7 Å². The van der Waals surface area contributed by atoms with E-state index in [1.165, 1.54) is 0 Å². The summed E-state index contributed by atoms with van der Waals surface area (Å²) in [6, 6.07) is 4.54. The van der Waals surface area contributed by atoms with E-state index in [9.17, 15) is 10.1 Å². The van der Waals surface area contributed by atoms with Crippen molar-refractivity contribution in [2.45, 2.75) is 21.0 Å². The molecule has 0 aromatic heterocycles. The number of rotatable bonds is 3. The fourth-order valence-corrected chi connectivity index (χ4v) is 3.91. The molecule has 0 unspecified atom stereocenters. The molecule has 19 heavy (non-hydrogen) atoms. The first-order chi connectivity index (χ1) is 8.80. The average Bonchev–Trinajstić information content (AvgIpc) is 2.74. The van der Waals surface area contributed by atoms with Gasteiger partial charge in [-0.15, -0.1) is 0 Å². The smallest absolute Gasteiger partial charge is 0.231 e. The topological polar surface area (TPSA) is 61.6 Å². The van der Waals surface area contributed by atoms with Gasteiger partial charge >= 0.3 is 0 Å². The van der Waals surface area contributed by atoms with Crippen LogP contribution in [0.3, 0.4) is 0 Å². The van der Waals surface area contributed by atoms with E-state index in [2.05, 4.69) is 47.8 Å². The molecule has 1 aliphatic rings. The Labute approximate surface area is 135 Å². The molecule has 0 saturated heterocycles. The highest BCUT2D eigenvalue weighted by Gasteiger charge is 2.42. The predicted octanol–water partition coefficient (Wildman–Crippen LogP) is 4.00. The Kier molecular flexibility index (Phi) is 4.42. The Hall–Kier alpha value is -0.340. The van der Waals surface area contributed by atoms with Gasteiger partial charge in [0, 0.05) is 11.8 Å². The summed E-state index contributed by atoms with van der Waals surface area (Å²) in [5, 5.41) is 11.1. The third kappa shape index (κ3) is 3.22. The van der Waals surface area contributed by atoms with Gasteiger partial charge in [-0.05, 0) is 17.7 Å². The molecule has 1 heterocycles. The molecule has 5 nitrogen and oxygen atoms in total. The lowest BCUT2D eigenvalue weighted by Crippen LogP contribution is -2.32. The number of benzene rings is 1. The second-order valence-electron chi connectivity index (χ2n) is 4.16. The monoisotopic (exact) mass is 457 g/mol. The van der Waals surface area contributed by atoms with Crippen LogP contribution in [0.15, 0.2) is 18.2 Å². The predicted molar refractivity (Wildman–Crippen MR) is 81.3 cm³/mol. The van der Waals surface area contributed by atoms with Crippen molar-refractivity contribution in [3.8, 4) is 11.5 Å². The molecule has 1 aromatic carbocycles. The van der Waals surface area contributed by atoms with Crippen molar-refractivity contribution < 1.29 is 14.4 Å². The second-order valence-corrected chi connectivity index (χ2v) is 11.1. The van der Waals surface area contributed by atoms with Crippen molar-refractivity contribution in [2.75, 3.05) is 6.79 Å². The van der Waals surface area contributed by atoms with Gasteiger partial charge in [-0.3, -0.25) is 10.1 Å². The molecule has 0 bridgehead atoms. The maximum atomic E-state index is 11.1.